The number of amides is 1. The molecular formula is C19H13F2N3O3. The van der Waals surface area contributed by atoms with Gasteiger partial charge >= 0.3 is 5.63 Å². The maximum absolute atomic E-state index is 13.7. The maximum Gasteiger partial charge on any atom is 0.347 e. The zero-order valence-electron chi connectivity index (χ0n) is 14.1. The molecule has 1 N–H and O–H groups in total. The number of fused-ring (bicyclic) bond motifs is 3. The number of hydrogen-bond donors (Lipinski definition) is 1. The second-order valence-corrected chi connectivity index (χ2v) is 6.13. The summed E-state index contributed by atoms with van der Waals surface area (Å²) in [5.74, 6) is -2.04. The SMILES string of the molecule is Cc1ccc2oc(=O)c3cnn(CC(=O)Nc4cc(F)ccc4F)c3c2c1. The standard InChI is InChI=1S/C19H13F2N3O3/c1-10-2-5-16-12(6-10)18-13(19(26)27-16)8-22-24(18)9-17(25)23-15-7-11(20)3-4-14(15)21/h2-8H,9H2,1H3,(H,23,25). The number of benzene rings is 2. The van der Waals surface area contributed by atoms with Crippen LogP contribution in [0, 0.1) is 18.6 Å². The zero-order valence-corrected chi connectivity index (χ0v) is 14.1. The number of carbonyl (C=O) groups is 1. The minimum atomic E-state index is -0.753. The molecule has 8 heteroatoms. The summed E-state index contributed by atoms with van der Waals surface area (Å²) in [7, 11) is 0. The van der Waals surface area contributed by atoms with Crippen molar-refractivity contribution in [2.45, 2.75) is 13.5 Å². The second-order valence-electron chi connectivity index (χ2n) is 6.13. The molecule has 6 nitrogen and oxygen atoms in total. The summed E-state index contributed by atoms with van der Waals surface area (Å²) < 4.78 is 33.6. The molecule has 0 fully saturated rings. The van der Waals surface area contributed by atoms with Crippen molar-refractivity contribution < 1.29 is 18.0 Å². The van der Waals surface area contributed by atoms with Crippen molar-refractivity contribution in [3.8, 4) is 0 Å². The van der Waals surface area contributed by atoms with Crippen LogP contribution < -0.4 is 10.9 Å². The third kappa shape index (κ3) is 3.05. The van der Waals surface area contributed by atoms with Gasteiger partial charge in [-0.3, -0.25) is 9.48 Å². The number of anilines is 1. The number of aromatic nitrogens is 2. The van der Waals surface area contributed by atoms with Gasteiger partial charge in [-0.25, -0.2) is 13.6 Å². The predicted molar refractivity (Wildman–Crippen MR) is 95.5 cm³/mol. The molecule has 0 radical (unpaired) electrons. The van der Waals surface area contributed by atoms with Crippen molar-refractivity contribution in [2.75, 3.05) is 5.32 Å². The van der Waals surface area contributed by atoms with Crippen LogP contribution in [0.3, 0.4) is 0 Å². The van der Waals surface area contributed by atoms with Gasteiger partial charge < -0.3 is 9.73 Å². The first-order valence-electron chi connectivity index (χ1n) is 8.06. The number of hydrogen-bond acceptors (Lipinski definition) is 4. The number of rotatable bonds is 3. The molecular weight excluding hydrogens is 356 g/mol. The molecule has 2 aromatic carbocycles. The van der Waals surface area contributed by atoms with Gasteiger partial charge in [-0.15, -0.1) is 0 Å². The van der Waals surface area contributed by atoms with Crippen LogP contribution in [0.1, 0.15) is 5.56 Å². The molecule has 0 aliphatic heterocycles. The maximum atomic E-state index is 13.7. The third-order valence-corrected chi connectivity index (χ3v) is 4.15. The van der Waals surface area contributed by atoms with Crippen molar-refractivity contribution >= 4 is 33.5 Å². The minimum Gasteiger partial charge on any atom is -0.422 e. The molecule has 4 aromatic rings. The van der Waals surface area contributed by atoms with E-state index in [9.17, 15) is 18.4 Å². The second kappa shape index (κ2) is 6.31. The fraction of sp³-hybridized carbons (Fsp3) is 0.105. The molecule has 0 aliphatic carbocycles. The Hall–Kier alpha value is -3.55. The van der Waals surface area contributed by atoms with Crippen LogP contribution in [0.5, 0.6) is 0 Å². The van der Waals surface area contributed by atoms with Gasteiger partial charge in [-0.2, -0.15) is 5.10 Å². The highest BCUT2D eigenvalue weighted by molar-refractivity contribution is 6.03. The minimum absolute atomic E-state index is 0.234. The van der Waals surface area contributed by atoms with Gasteiger partial charge in [-0.05, 0) is 31.2 Å². The van der Waals surface area contributed by atoms with Crippen LogP contribution in [-0.4, -0.2) is 15.7 Å². The number of halogens is 2. The van der Waals surface area contributed by atoms with E-state index in [2.05, 4.69) is 10.4 Å². The number of nitrogens with zero attached hydrogens (tertiary/aromatic N) is 2. The van der Waals surface area contributed by atoms with Crippen LogP contribution in [0.15, 0.2) is 51.8 Å². The van der Waals surface area contributed by atoms with Gasteiger partial charge in [-0.1, -0.05) is 11.6 Å². The summed E-state index contributed by atoms with van der Waals surface area (Å²) in [6, 6.07) is 8.07. The Bertz CT molecular complexity index is 1260. The van der Waals surface area contributed by atoms with Crippen LogP contribution in [-0.2, 0) is 11.3 Å². The van der Waals surface area contributed by atoms with Crippen molar-refractivity contribution in [1.82, 2.24) is 9.78 Å². The van der Waals surface area contributed by atoms with E-state index in [-0.39, 0.29) is 17.6 Å². The Morgan fingerprint density at radius 2 is 2.00 bits per heavy atom. The summed E-state index contributed by atoms with van der Waals surface area (Å²) in [6.07, 6.45) is 1.32. The molecule has 4 rings (SSSR count). The lowest BCUT2D eigenvalue weighted by atomic mass is 10.1. The van der Waals surface area contributed by atoms with Gasteiger partial charge in [0.1, 0.15) is 29.1 Å². The monoisotopic (exact) mass is 369 g/mol. The average Bonchev–Trinajstić information content (AvgIpc) is 3.03. The molecule has 0 saturated heterocycles. The van der Waals surface area contributed by atoms with Crippen molar-refractivity contribution in [3.05, 3.63) is 70.2 Å². The number of aryl methyl sites for hydroxylation is 1. The Kier molecular flexibility index (Phi) is 3.95. The van der Waals surface area contributed by atoms with E-state index < -0.39 is 23.2 Å². The smallest absolute Gasteiger partial charge is 0.347 e. The molecule has 0 spiro atoms. The molecule has 136 valence electrons. The zero-order chi connectivity index (χ0) is 19.1. The van der Waals surface area contributed by atoms with Crippen molar-refractivity contribution in [3.63, 3.8) is 0 Å². The first-order valence-corrected chi connectivity index (χ1v) is 8.06. The molecule has 2 aromatic heterocycles. The lowest BCUT2D eigenvalue weighted by molar-refractivity contribution is -0.116. The predicted octanol–water partition coefficient (Wildman–Crippen LogP) is 3.37. The van der Waals surface area contributed by atoms with Gasteiger partial charge in [0, 0.05) is 11.5 Å². The van der Waals surface area contributed by atoms with E-state index in [0.717, 1.165) is 23.8 Å². The summed E-state index contributed by atoms with van der Waals surface area (Å²) in [5, 5.41) is 7.26. The van der Waals surface area contributed by atoms with Gasteiger partial charge in [0.25, 0.3) is 0 Å². The third-order valence-electron chi connectivity index (χ3n) is 4.15. The molecule has 0 atom stereocenters. The van der Waals surface area contributed by atoms with E-state index in [1.54, 1.807) is 12.1 Å². The normalized spacial score (nSPS) is 11.2. The summed E-state index contributed by atoms with van der Waals surface area (Å²) in [6.45, 7) is 1.60. The van der Waals surface area contributed by atoms with E-state index in [0.29, 0.717) is 16.5 Å². The number of carbonyl (C=O) groups excluding carboxylic acids is 1. The van der Waals surface area contributed by atoms with Crippen molar-refractivity contribution in [2.24, 2.45) is 0 Å². The van der Waals surface area contributed by atoms with E-state index in [1.807, 2.05) is 13.0 Å². The van der Waals surface area contributed by atoms with E-state index >= 15 is 0 Å². The molecule has 0 saturated carbocycles. The first kappa shape index (κ1) is 16.9. The fourth-order valence-corrected chi connectivity index (χ4v) is 2.93. The van der Waals surface area contributed by atoms with E-state index in [1.165, 1.54) is 10.9 Å². The molecule has 0 aliphatic rings. The highest BCUT2D eigenvalue weighted by Crippen LogP contribution is 2.24. The Labute approximate surface area is 151 Å². The van der Waals surface area contributed by atoms with Crippen LogP contribution >= 0.6 is 0 Å². The summed E-state index contributed by atoms with van der Waals surface area (Å²) >= 11 is 0. The molecule has 1 amide bonds. The number of nitrogens with one attached hydrogen (secondary N) is 1. The highest BCUT2D eigenvalue weighted by Gasteiger charge is 2.16. The van der Waals surface area contributed by atoms with Crippen LogP contribution in [0.4, 0.5) is 14.5 Å². The Balaban J connectivity index is 1.75. The topological polar surface area (TPSA) is 77.1 Å². The van der Waals surface area contributed by atoms with E-state index in [4.69, 9.17) is 4.42 Å². The van der Waals surface area contributed by atoms with Crippen LogP contribution in [0.2, 0.25) is 0 Å². The molecule has 0 unspecified atom stereocenters. The quantitative estimate of drug-likeness (QED) is 0.562. The Morgan fingerprint density at radius 3 is 2.81 bits per heavy atom. The lowest BCUT2D eigenvalue weighted by Gasteiger charge is -2.08. The lowest BCUT2D eigenvalue weighted by Crippen LogP contribution is -2.20. The highest BCUT2D eigenvalue weighted by atomic mass is 19.1. The van der Waals surface area contributed by atoms with Gasteiger partial charge in [0.2, 0.25) is 5.91 Å². The average molecular weight is 369 g/mol. The first-order chi connectivity index (χ1) is 12.9. The van der Waals surface area contributed by atoms with Gasteiger partial charge in [0.15, 0.2) is 0 Å². The van der Waals surface area contributed by atoms with Crippen molar-refractivity contribution in [1.29, 1.82) is 0 Å². The Morgan fingerprint density at radius 1 is 1.19 bits per heavy atom. The molecule has 27 heavy (non-hydrogen) atoms. The summed E-state index contributed by atoms with van der Waals surface area (Å²) in [5.41, 5.74) is 0.925. The largest absolute Gasteiger partial charge is 0.422 e. The van der Waals surface area contributed by atoms with Gasteiger partial charge in [0.05, 0.1) is 17.4 Å². The summed E-state index contributed by atoms with van der Waals surface area (Å²) in [4.78, 5) is 24.5. The molecule has 0 bridgehead atoms. The van der Waals surface area contributed by atoms with Crippen LogP contribution in [0.25, 0.3) is 21.9 Å². The molecule has 2 heterocycles. The fourth-order valence-electron chi connectivity index (χ4n) is 2.93.